The molecule has 18 heavy (non-hydrogen) atoms. The molecule has 1 aromatic heterocycles. The molecule has 0 amide bonds. The van der Waals surface area contributed by atoms with Gasteiger partial charge >= 0.3 is 5.82 Å². The van der Waals surface area contributed by atoms with Crippen LogP contribution in [0.1, 0.15) is 39.5 Å². The van der Waals surface area contributed by atoms with Crippen LogP contribution < -0.4 is 5.32 Å². The van der Waals surface area contributed by atoms with Crippen LogP contribution in [0.2, 0.25) is 0 Å². The van der Waals surface area contributed by atoms with E-state index in [0.29, 0.717) is 6.04 Å². The standard InChI is InChI=1S/C13H19N3O2/c1-13(2)8-4-3-5-11(13)15-10-6-7-12(14-9-10)16(17)18/h6-7,9,11,15H,3-5,8H2,1-2H3. The molecule has 1 heterocycles. The van der Waals surface area contributed by atoms with Gasteiger partial charge in [-0.2, -0.15) is 0 Å². The average Bonchev–Trinajstić information content (AvgIpc) is 2.32. The summed E-state index contributed by atoms with van der Waals surface area (Å²) < 4.78 is 0. The van der Waals surface area contributed by atoms with E-state index in [1.54, 1.807) is 12.3 Å². The summed E-state index contributed by atoms with van der Waals surface area (Å²) in [6.07, 6.45) is 6.42. The summed E-state index contributed by atoms with van der Waals surface area (Å²) in [6, 6.07) is 3.59. The van der Waals surface area contributed by atoms with Crippen molar-refractivity contribution < 1.29 is 4.92 Å². The van der Waals surface area contributed by atoms with Crippen LogP contribution in [0, 0.1) is 15.5 Å². The summed E-state index contributed by atoms with van der Waals surface area (Å²) in [4.78, 5) is 13.9. The van der Waals surface area contributed by atoms with Crippen molar-refractivity contribution in [1.82, 2.24) is 4.98 Å². The molecule has 1 N–H and O–H groups in total. The van der Waals surface area contributed by atoms with Crippen LogP contribution in [0.5, 0.6) is 0 Å². The maximum absolute atomic E-state index is 10.5. The Kier molecular flexibility index (Phi) is 3.50. The van der Waals surface area contributed by atoms with Crippen LogP contribution in [0.15, 0.2) is 18.3 Å². The Balaban J connectivity index is 2.06. The van der Waals surface area contributed by atoms with Crippen molar-refractivity contribution in [1.29, 1.82) is 0 Å². The Labute approximate surface area is 107 Å². The maximum atomic E-state index is 10.5. The Morgan fingerprint density at radius 3 is 2.78 bits per heavy atom. The molecule has 5 heteroatoms. The zero-order chi connectivity index (χ0) is 13.2. The molecular formula is C13H19N3O2. The summed E-state index contributed by atoms with van der Waals surface area (Å²) in [5.74, 6) is -0.108. The molecule has 5 nitrogen and oxygen atoms in total. The number of nitro groups is 1. The average molecular weight is 249 g/mol. The first-order valence-electron chi connectivity index (χ1n) is 6.36. The molecule has 1 aliphatic carbocycles. The molecule has 98 valence electrons. The third kappa shape index (κ3) is 2.78. The van der Waals surface area contributed by atoms with Crippen molar-refractivity contribution in [3.8, 4) is 0 Å². The second-order valence-electron chi connectivity index (χ2n) is 5.59. The maximum Gasteiger partial charge on any atom is 0.363 e. The smallest absolute Gasteiger partial charge is 0.363 e. The summed E-state index contributed by atoms with van der Waals surface area (Å²) >= 11 is 0. The van der Waals surface area contributed by atoms with E-state index in [2.05, 4.69) is 24.1 Å². The lowest BCUT2D eigenvalue weighted by Crippen LogP contribution is -2.38. The van der Waals surface area contributed by atoms with E-state index in [-0.39, 0.29) is 11.2 Å². The molecule has 1 aromatic rings. The molecule has 1 saturated carbocycles. The highest BCUT2D eigenvalue weighted by atomic mass is 16.6. The number of anilines is 1. The second kappa shape index (κ2) is 4.92. The minimum Gasteiger partial charge on any atom is -0.379 e. The van der Waals surface area contributed by atoms with Gasteiger partial charge in [0.15, 0.2) is 6.20 Å². The van der Waals surface area contributed by atoms with Crippen molar-refractivity contribution in [2.45, 2.75) is 45.6 Å². The normalized spacial score (nSPS) is 22.4. The number of rotatable bonds is 3. The van der Waals surface area contributed by atoms with Crippen molar-refractivity contribution in [2.75, 3.05) is 5.32 Å². The fourth-order valence-corrected chi connectivity index (χ4v) is 2.54. The quantitative estimate of drug-likeness (QED) is 0.658. The molecule has 0 aromatic carbocycles. The topological polar surface area (TPSA) is 68.1 Å². The first kappa shape index (κ1) is 12.8. The third-order valence-corrected chi connectivity index (χ3v) is 3.78. The zero-order valence-electron chi connectivity index (χ0n) is 10.8. The van der Waals surface area contributed by atoms with Crippen LogP contribution in [-0.4, -0.2) is 15.9 Å². The lowest BCUT2D eigenvalue weighted by atomic mass is 9.73. The van der Waals surface area contributed by atoms with E-state index in [1.807, 2.05) is 0 Å². The van der Waals surface area contributed by atoms with Crippen molar-refractivity contribution in [2.24, 2.45) is 5.41 Å². The van der Waals surface area contributed by atoms with Gasteiger partial charge in [-0.1, -0.05) is 26.7 Å². The van der Waals surface area contributed by atoms with Crippen molar-refractivity contribution in [3.63, 3.8) is 0 Å². The van der Waals surface area contributed by atoms with E-state index in [1.165, 1.54) is 25.3 Å². The molecule has 1 aliphatic rings. The molecule has 0 spiro atoms. The lowest BCUT2D eigenvalue weighted by Gasteiger charge is -2.39. The van der Waals surface area contributed by atoms with Gasteiger partial charge in [-0.3, -0.25) is 0 Å². The minimum absolute atomic E-state index is 0.108. The van der Waals surface area contributed by atoms with Gasteiger partial charge in [-0.15, -0.1) is 0 Å². The van der Waals surface area contributed by atoms with E-state index in [9.17, 15) is 10.1 Å². The summed E-state index contributed by atoms with van der Waals surface area (Å²) in [5, 5.41) is 14.0. The molecule has 1 atom stereocenters. The highest BCUT2D eigenvalue weighted by Crippen LogP contribution is 2.37. The number of hydrogen-bond acceptors (Lipinski definition) is 4. The molecule has 1 fully saturated rings. The largest absolute Gasteiger partial charge is 0.379 e. The Morgan fingerprint density at radius 1 is 1.44 bits per heavy atom. The third-order valence-electron chi connectivity index (χ3n) is 3.78. The second-order valence-corrected chi connectivity index (χ2v) is 5.59. The van der Waals surface area contributed by atoms with Gasteiger partial charge in [0.2, 0.25) is 0 Å². The molecule has 0 saturated heterocycles. The molecule has 2 rings (SSSR count). The molecule has 0 aliphatic heterocycles. The number of aromatic nitrogens is 1. The monoisotopic (exact) mass is 249 g/mol. The van der Waals surface area contributed by atoms with Gasteiger partial charge < -0.3 is 15.4 Å². The van der Waals surface area contributed by atoms with E-state index >= 15 is 0 Å². The van der Waals surface area contributed by atoms with E-state index in [4.69, 9.17) is 0 Å². The summed E-state index contributed by atoms with van der Waals surface area (Å²) in [5.41, 5.74) is 1.13. The van der Waals surface area contributed by atoms with Gasteiger partial charge in [0.25, 0.3) is 0 Å². The Morgan fingerprint density at radius 2 is 2.22 bits per heavy atom. The highest BCUT2D eigenvalue weighted by molar-refractivity contribution is 5.44. The predicted octanol–water partition coefficient (Wildman–Crippen LogP) is 3.37. The first-order chi connectivity index (χ1) is 8.49. The fraction of sp³-hybridized carbons (Fsp3) is 0.615. The summed E-state index contributed by atoms with van der Waals surface area (Å²) in [7, 11) is 0. The van der Waals surface area contributed by atoms with Crippen LogP contribution in [0.3, 0.4) is 0 Å². The SMILES string of the molecule is CC1(C)CCCCC1Nc1ccc([N+](=O)[O-])nc1. The number of hydrogen-bond donors (Lipinski definition) is 1. The van der Waals surface area contributed by atoms with Crippen LogP contribution in [0.25, 0.3) is 0 Å². The lowest BCUT2D eigenvalue weighted by molar-refractivity contribution is -0.389. The Hall–Kier alpha value is -1.65. The highest BCUT2D eigenvalue weighted by Gasteiger charge is 2.32. The van der Waals surface area contributed by atoms with Crippen LogP contribution in [0.4, 0.5) is 11.5 Å². The van der Waals surface area contributed by atoms with E-state index in [0.717, 1.165) is 12.1 Å². The summed E-state index contributed by atoms with van der Waals surface area (Å²) in [6.45, 7) is 4.53. The first-order valence-corrected chi connectivity index (χ1v) is 6.36. The van der Waals surface area contributed by atoms with Gasteiger partial charge in [0.1, 0.15) is 0 Å². The molecular weight excluding hydrogens is 230 g/mol. The van der Waals surface area contributed by atoms with E-state index < -0.39 is 4.92 Å². The molecule has 1 unspecified atom stereocenters. The van der Waals surface area contributed by atoms with Gasteiger partial charge in [-0.25, -0.2) is 0 Å². The zero-order valence-corrected chi connectivity index (χ0v) is 10.8. The van der Waals surface area contributed by atoms with Crippen LogP contribution >= 0.6 is 0 Å². The van der Waals surface area contributed by atoms with Gasteiger partial charge in [-0.05, 0) is 34.2 Å². The molecule has 0 radical (unpaired) electrons. The van der Waals surface area contributed by atoms with Gasteiger partial charge in [0.05, 0.1) is 5.69 Å². The number of pyridine rings is 1. The van der Waals surface area contributed by atoms with Crippen molar-refractivity contribution >= 4 is 11.5 Å². The van der Waals surface area contributed by atoms with Crippen molar-refractivity contribution in [3.05, 3.63) is 28.4 Å². The fourth-order valence-electron chi connectivity index (χ4n) is 2.54. The number of nitrogens with one attached hydrogen (secondary N) is 1. The van der Waals surface area contributed by atoms with Gasteiger partial charge in [0, 0.05) is 12.1 Å². The van der Waals surface area contributed by atoms with Crippen LogP contribution in [-0.2, 0) is 0 Å². The molecule has 0 bridgehead atoms. The Bertz CT molecular complexity index is 428. The number of nitrogens with zero attached hydrogens (tertiary/aromatic N) is 2. The minimum atomic E-state index is -0.478. The predicted molar refractivity (Wildman–Crippen MR) is 70.6 cm³/mol.